The number of benzene rings is 1. The van der Waals surface area contributed by atoms with Gasteiger partial charge in [0.2, 0.25) is 0 Å². The highest BCUT2D eigenvalue weighted by Crippen LogP contribution is 2.45. The normalized spacial score (nSPS) is 25.5. The number of Topliss-reactive ketones (excluding diaryl/α,β-unsaturated/α-hetero) is 1. The molecule has 1 aliphatic rings. The number of phenolic OH excluding ortho intramolecular Hbond substituents is 1. The highest BCUT2D eigenvalue weighted by Gasteiger charge is 2.41. The first-order valence-corrected chi connectivity index (χ1v) is 10.4. The summed E-state index contributed by atoms with van der Waals surface area (Å²) in [6, 6.07) is 0. The Morgan fingerprint density at radius 2 is 2.03 bits per heavy atom. The second kappa shape index (κ2) is 9.17. The van der Waals surface area contributed by atoms with Gasteiger partial charge in [-0.3, -0.25) is 9.59 Å². The first kappa shape index (κ1) is 23.2. The van der Waals surface area contributed by atoms with Crippen molar-refractivity contribution in [3.63, 3.8) is 0 Å². The van der Waals surface area contributed by atoms with Crippen molar-refractivity contribution in [2.45, 2.75) is 53.9 Å². The Morgan fingerprint density at radius 3 is 2.62 bits per heavy atom. The minimum absolute atomic E-state index is 0.00880. The minimum atomic E-state index is -0.178. The average molecular weight is 419 g/mol. The van der Waals surface area contributed by atoms with Gasteiger partial charge in [0.05, 0.1) is 17.7 Å². The number of aldehydes is 1. The summed E-state index contributed by atoms with van der Waals surface area (Å²) in [4.78, 5) is 23.6. The van der Waals surface area contributed by atoms with E-state index in [0.717, 1.165) is 12.0 Å². The molecular weight excluding hydrogens is 388 g/mol. The molecule has 1 aliphatic carbocycles. The molecule has 0 saturated heterocycles. The molecule has 4 nitrogen and oxygen atoms in total. The third kappa shape index (κ3) is 4.42. The zero-order chi connectivity index (χ0) is 21.9. The molecule has 1 fully saturated rings. The summed E-state index contributed by atoms with van der Waals surface area (Å²) >= 11 is 6.33. The molecule has 1 N–H and O–H groups in total. The molecule has 3 atom stereocenters. The molecule has 0 unspecified atom stereocenters. The summed E-state index contributed by atoms with van der Waals surface area (Å²) in [7, 11) is 1.49. The number of ketones is 1. The second-order valence-corrected chi connectivity index (χ2v) is 8.69. The average Bonchev–Trinajstić information content (AvgIpc) is 2.70. The number of carbonyl (C=O) groups excluding carboxylic acids is 2. The molecule has 2 rings (SSSR count). The van der Waals surface area contributed by atoms with Crippen LogP contribution in [-0.4, -0.2) is 24.3 Å². The van der Waals surface area contributed by atoms with Crippen LogP contribution in [0.15, 0.2) is 23.8 Å². The number of halogens is 1. The largest absolute Gasteiger partial charge is 0.507 e. The van der Waals surface area contributed by atoms with E-state index >= 15 is 0 Å². The Balaban J connectivity index is 2.33. The molecule has 0 spiro atoms. The number of ether oxygens (including phenoxy) is 1. The highest BCUT2D eigenvalue weighted by molar-refractivity contribution is 6.33. The van der Waals surface area contributed by atoms with E-state index in [9.17, 15) is 14.7 Å². The van der Waals surface area contributed by atoms with Crippen molar-refractivity contribution in [1.29, 1.82) is 0 Å². The number of phenols is 1. The Labute approximate surface area is 178 Å². The van der Waals surface area contributed by atoms with Gasteiger partial charge in [-0.15, -0.1) is 0 Å². The third-order valence-electron chi connectivity index (χ3n) is 6.70. The Bertz CT molecular complexity index is 868. The molecule has 1 aromatic carbocycles. The highest BCUT2D eigenvalue weighted by atomic mass is 35.5. The first-order valence-electron chi connectivity index (χ1n) is 10.00. The van der Waals surface area contributed by atoms with Crippen molar-refractivity contribution < 1.29 is 19.4 Å². The molecule has 0 amide bonds. The van der Waals surface area contributed by atoms with Crippen LogP contribution in [0.3, 0.4) is 0 Å². The quantitative estimate of drug-likeness (QED) is 0.464. The maximum atomic E-state index is 12.2. The number of rotatable bonds is 6. The summed E-state index contributed by atoms with van der Waals surface area (Å²) in [6.45, 7) is 10.0. The minimum Gasteiger partial charge on any atom is -0.507 e. The molecule has 1 saturated carbocycles. The van der Waals surface area contributed by atoms with E-state index in [2.05, 4.69) is 19.9 Å². The molecule has 5 heteroatoms. The predicted molar refractivity (Wildman–Crippen MR) is 117 cm³/mol. The van der Waals surface area contributed by atoms with Gasteiger partial charge in [0, 0.05) is 17.9 Å². The van der Waals surface area contributed by atoms with Gasteiger partial charge in [0.25, 0.3) is 0 Å². The number of carbonyl (C=O) groups is 2. The third-order valence-corrected chi connectivity index (χ3v) is 7.16. The predicted octanol–water partition coefficient (Wildman–Crippen LogP) is 5.86. The molecule has 1 aromatic rings. The Morgan fingerprint density at radius 1 is 1.38 bits per heavy atom. The standard InChI is InChI=1S/C24H31ClO4/c1-14(11-12-24(5)15(2)8-10-20(27)17(24)4)7-9-18-22(28)19(13-26)16(3)21(25)23(18)29-6/h7,11-13,15,17,28H,8-10H2,1-6H3/t15-,17+,24+/m1/s1. The van der Waals surface area contributed by atoms with E-state index in [-0.39, 0.29) is 22.6 Å². The van der Waals surface area contributed by atoms with Gasteiger partial charge in [-0.05, 0) is 43.6 Å². The van der Waals surface area contributed by atoms with Crippen LogP contribution in [0.5, 0.6) is 11.5 Å². The van der Waals surface area contributed by atoms with Gasteiger partial charge in [-0.25, -0.2) is 0 Å². The molecule has 29 heavy (non-hydrogen) atoms. The van der Waals surface area contributed by atoms with Crippen molar-refractivity contribution in [3.05, 3.63) is 45.5 Å². The van der Waals surface area contributed by atoms with Crippen LogP contribution in [0, 0.1) is 24.2 Å². The summed E-state index contributed by atoms with van der Waals surface area (Å²) in [5.41, 5.74) is 1.98. The number of aromatic hydroxyl groups is 1. The van der Waals surface area contributed by atoms with Crippen molar-refractivity contribution in [2.24, 2.45) is 17.3 Å². The number of hydrogen-bond acceptors (Lipinski definition) is 4. The van der Waals surface area contributed by atoms with Gasteiger partial charge in [0.15, 0.2) is 6.29 Å². The van der Waals surface area contributed by atoms with Gasteiger partial charge in [-0.2, -0.15) is 0 Å². The fourth-order valence-electron chi connectivity index (χ4n) is 4.03. The first-order chi connectivity index (χ1) is 13.6. The Hall–Kier alpha value is -2.07. The van der Waals surface area contributed by atoms with Crippen molar-refractivity contribution in [1.82, 2.24) is 0 Å². The van der Waals surface area contributed by atoms with Gasteiger partial charge >= 0.3 is 0 Å². The van der Waals surface area contributed by atoms with Crippen LogP contribution < -0.4 is 4.74 Å². The topological polar surface area (TPSA) is 63.6 Å². The fraction of sp³-hybridized carbons (Fsp3) is 0.500. The molecule has 0 aliphatic heterocycles. The number of methoxy groups -OCH3 is 1. The number of hydrogen-bond donors (Lipinski definition) is 1. The molecule has 0 bridgehead atoms. The molecule has 0 radical (unpaired) electrons. The van der Waals surface area contributed by atoms with Crippen LogP contribution in [0.4, 0.5) is 0 Å². The van der Waals surface area contributed by atoms with Crippen LogP contribution in [0.25, 0.3) is 0 Å². The summed E-state index contributed by atoms with van der Waals surface area (Å²) < 4.78 is 5.39. The zero-order valence-corrected chi connectivity index (χ0v) is 18.9. The summed E-state index contributed by atoms with van der Waals surface area (Å²) in [6.07, 6.45) is 8.68. The van der Waals surface area contributed by atoms with Crippen LogP contribution in [-0.2, 0) is 11.2 Å². The van der Waals surface area contributed by atoms with Gasteiger partial charge in [0.1, 0.15) is 17.3 Å². The Kier molecular flexibility index (Phi) is 7.34. The smallest absolute Gasteiger partial charge is 0.154 e. The lowest BCUT2D eigenvalue weighted by Gasteiger charge is -2.42. The van der Waals surface area contributed by atoms with E-state index in [1.165, 1.54) is 7.11 Å². The van der Waals surface area contributed by atoms with E-state index in [4.69, 9.17) is 16.3 Å². The zero-order valence-electron chi connectivity index (χ0n) is 18.1. The van der Waals surface area contributed by atoms with E-state index < -0.39 is 0 Å². The van der Waals surface area contributed by atoms with Crippen molar-refractivity contribution >= 4 is 23.7 Å². The van der Waals surface area contributed by atoms with Crippen LogP contribution in [0.2, 0.25) is 5.02 Å². The van der Waals surface area contributed by atoms with Crippen molar-refractivity contribution in [2.75, 3.05) is 7.11 Å². The second-order valence-electron chi connectivity index (χ2n) is 8.31. The summed E-state index contributed by atoms with van der Waals surface area (Å²) in [5.74, 6) is 1.02. The molecule has 0 heterocycles. The molecule has 0 aromatic heterocycles. The maximum Gasteiger partial charge on any atom is 0.154 e. The molecule has 158 valence electrons. The summed E-state index contributed by atoms with van der Waals surface area (Å²) in [5, 5.41) is 10.9. The lowest BCUT2D eigenvalue weighted by Crippen LogP contribution is -2.40. The lowest BCUT2D eigenvalue weighted by atomic mass is 9.61. The fourth-order valence-corrected chi connectivity index (χ4v) is 4.32. The number of allylic oxidation sites excluding steroid dienone is 4. The van der Waals surface area contributed by atoms with E-state index in [1.807, 2.05) is 26.0 Å². The monoisotopic (exact) mass is 418 g/mol. The van der Waals surface area contributed by atoms with Gasteiger partial charge < -0.3 is 9.84 Å². The van der Waals surface area contributed by atoms with Crippen LogP contribution in [0.1, 0.15) is 62.0 Å². The van der Waals surface area contributed by atoms with Crippen LogP contribution >= 0.6 is 11.6 Å². The van der Waals surface area contributed by atoms with Gasteiger partial charge in [-0.1, -0.05) is 56.2 Å². The van der Waals surface area contributed by atoms with E-state index in [0.29, 0.717) is 52.7 Å². The maximum absolute atomic E-state index is 12.2. The van der Waals surface area contributed by atoms with Crippen molar-refractivity contribution in [3.8, 4) is 11.5 Å². The molecular formula is C24H31ClO4. The lowest BCUT2D eigenvalue weighted by molar-refractivity contribution is -0.129. The SMILES string of the molecule is COc1c(Cl)c(C)c(C=O)c(O)c1CC=C(C)C=C[C@@]1(C)[C@H](C)CCC(=O)[C@@H]1C. The van der Waals surface area contributed by atoms with E-state index in [1.54, 1.807) is 6.92 Å².